The molecule has 1 N–H and O–H groups in total. The van der Waals surface area contributed by atoms with Crippen LogP contribution in [0.2, 0.25) is 0 Å². The van der Waals surface area contributed by atoms with Crippen molar-refractivity contribution in [3.63, 3.8) is 0 Å². The Bertz CT molecular complexity index is 1100. The van der Waals surface area contributed by atoms with Gasteiger partial charge in [0.05, 0.1) is 5.69 Å². The molecule has 2 aromatic carbocycles. The van der Waals surface area contributed by atoms with Gasteiger partial charge in [-0.3, -0.25) is 4.79 Å². The summed E-state index contributed by atoms with van der Waals surface area (Å²) in [7, 11) is 0. The van der Waals surface area contributed by atoms with Gasteiger partial charge >= 0.3 is 5.97 Å². The van der Waals surface area contributed by atoms with Gasteiger partial charge in [-0.25, -0.2) is 9.78 Å². The second-order valence-corrected chi connectivity index (χ2v) is 8.04. The smallest absolute Gasteiger partial charge is 0.329 e. The van der Waals surface area contributed by atoms with E-state index in [-0.39, 0.29) is 5.97 Å². The third kappa shape index (κ3) is 3.18. The molecule has 142 valence electrons. The van der Waals surface area contributed by atoms with Crippen LogP contribution in [-0.4, -0.2) is 23.3 Å². The second kappa shape index (κ2) is 7.02. The summed E-state index contributed by atoms with van der Waals surface area (Å²) in [4.78, 5) is 28.4. The van der Waals surface area contributed by atoms with E-state index in [1.807, 2.05) is 56.3 Å². The van der Waals surface area contributed by atoms with Gasteiger partial charge in [-0.2, -0.15) is 0 Å². The van der Waals surface area contributed by atoms with Gasteiger partial charge in [-0.15, -0.1) is 0 Å². The molecule has 3 aromatic rings. The molecule has 1 fully saturated rings. The quantitative estimate of drug-likeness (QED) is 0.469. The highest BCUT2D eigenvalue weighted by Crippen LogP contribution is 2.41. The number of ether oxygens (including phenoxy) is 1. The molecule has 6 heteroatoms. The summed E-state index contributed by atoms with van der Waals surface area (Å²) in [5, 5.41) is 4.96. The molecule has 2 unspecified atom stereocenters. The number of fused-ring (bicyclic) bond motifs is 1. The lowest BCUT2D eigenvalue weighted by molar-refractivity contribution is -0.148. The molecule has 0 radical (unpaired) electrons. The zero-order chi connectivity index (χ0) is 19.9. The molecule has 0 spiro atoms. The summed E-state index contributed by atoms with van der Waals surface area (Å²) in [5.41, 5.74) is 1.57. The first-order valence-electron chi connectivity index (χ1n) is 9.01. The fourth-order valence-corrected chi connectivity index (χ4v) is 4.00. The predicted octanol–water partition coefficient (Wildman–Crippen LogP) is 4.76. The molecular formula is C22H19BrN2O3. The maximum atomic E-state index is 12.6. The Balaban J connectivity index is 1.68. The van der Waals surface area contributed by atoms with Gasteiger partial charge in [0.1, 0.15) is 17.5 Å². The van der Waals surface area contributed by atoms with Crippen LogP contribution in [0.3, 0.4) is 0 Å². The minimum absolute atomic E-state index is 0.312. The molecule has 1 aliphatic rings. The van der Waals surface area contributed by atoms with Crippen molar-refractivity contribution in [2.45, 2.75) is 31.9 Å². The van der Waals surface area contributed by atoms with E-state index in [4.69, 9.17) is 4.74 Å². The average molecular weight is 439 g/mol. The van der Waals surface area contributed by atoms with Crippen LogP contribution >= 0.6 is 15.9 Å². The fraction of sp³-hybridized carbons (Fsp3) is 0.227. The molecule has 1 saturated heterocycles. The third-order valence-electron chi connectivity index (χ3n) is 5.20. The molecule has 28 heavy (non-hydrogen) atoms. The molecule has 1 aromatic heterocycles. The zero-order valence-corrected chi connectivity index (χ0v) is 17.1. The van der Waals surface area contributed by atoms with Crippen molar-refractivity contribution in [3.05, 3.63) is 69.8 Å². The van der Waals surface area contributed by atoms with Gasteiger partial charge < -0.3 is 10.1 Å². The van der Waals surface area contributed by atoms with Gasteiger partial charge in [0.25, 0.3) is 0 Å². The average Bonchev–Trinajstić information content (AvgIpc) is 2.98. The first kappa shape index (κ1) is 18.6. The predicted molar refractivity (Wildman–Crippen MR) is 111 cm³/mol. The summed E-state index contributed by atoms with van der Waals surface area (Å²) in [6.45, 7) is 3.81. The highest BCUT2D eigenvalue weighted by molar-refractivity contribution is 9.10. The van der Waals surface area contributed by atoms with Gasteiger partial charge in [0.2, 0.25) is 0 Å². The number of halogens is 1. The van der Waals surface area contributed by atoms with Crippen LogP contribution in [0, 0.1) is 6.92 Å². The summed E-state index contributed by atoms with van der Waals surface area (Å²) in [6.07, 6.45) is 1.31. The van der Waals surface area contributed by atoms with E-state index in [1.165, 1.54) is 0 Å². The van der Waals surface area contributed by atoms with Crippen LogP contribution in [-0.2, 0) is 15.1 Å². The normalized spacial score (nSPS) is 21.5. The number of nitrogens with one attached hydrogen (secondary N) is 1. The van der Waals surface area contributed by atoms with Crippen molar-refractivity contribution in [3.8, 4) is 0 Å². The van der Waals surface area contributed by atoms with Crippen LogP contribution in [0.15, 0.2) is 53.0 Å². The highest BCUT2D eigenvalue weighted by Gasteiger charge is 2.45. The number of aldehydes is 1. The summed E-state index contributed by atoms with van der Waals surface area (Å²) >= 11 is 3.43. The first-order chi connectivity index (χ1) is 13.4. The minimum atomic E-state index is -0.791. The number of aromatic nitrogens is 1. The molecule has 0 bridgehead atoms. The topological polar surface area (TPSA) is 68.3 Å². The number of cyclic esters (lactones) is 1. The van der Waals surface area contributed by atoms with E-state index >= 15 is 0 Å². The Morgan fingerprint density at radius 1 is 1.18 bits per heavy atom. The van der Waals surface area contributed by atoms with Crippen LogP contribution in [0.1, 0.15) is 35.0 Å². The molecule has 1 aliphatic heterocycles. The number of hydrogen-bond acceptors (Lipinski definition) is 5. The molecule has 2 heterocycles. The molecule has 5 nitrogen and oxygen atoms in total. The Labute approximate surface area is 171 Å². The van der Waals surface area contributed by atoms with Crippen molar-refractivity contribution >= 4 is 44.8 Å². The maximum Gasteiger partial charge on any atom is 0.329 e. The number of nitrogens with zero attached hydrogens (tertiary/aromatic N) is 1. The van der Waals surface area contributed by atoms with Gasteiger partial charge in [0.15, 0.2) is 6.29 Å². The number of carbonyl (C=O) groups excluding carboxylic acids is 2. The lowest BCUT2D eigenvalue weighted by atomic mass is 9.87. The lowest BCUT2D eigenvalue weighted by Gasteiger charge is -2.25. The van der Waals surface area contributed by atoms with E-state index in [0.717, 1.165) is 32.8 Å². The van der Waals surface area contributed by atoms with Crippen LogP contribution in [0.25, 0.3) is 10.8 Å². The minimum Gasteiger partial charge on any atom is -0.453 e. The van der Waals surface area contributed by atoms with Gasteiger partial charge in [-0.05, 0) is 52.7 Å². The maximum absolute atomic E-state index is 12.6. The van der Waals surface area contributed by atoms with Crippen molar-refractivity contribution in [1.82, 2.24) is 4.98 Å². The molecule has 0 saturated carbocycles. The standard InChI is InChI=1S/C22H19BrN2O3/c1-13-18(23)9-10-20(24-13)25-19-11-22(2,28-21(19)27)17-8-4-6-15-14(12-26)5-3-7-16(15)17/h3-10,12,19H,11H2,1-2H3,(H,24,25). The number of esters is 1. The fourth-order valence-electron chi connectivity index (χ4n) is 3.78. The van der Waals surface area contributed by atoms with Crippen molar-refractivity contribution in [2.24, 2.45) is 0 Å². The van der Waals surface area contributed by atoms with Crippen LogP contribution < -0.4 is 5.32 Å². The number of anilines is 1. The van der Waals surface area contributed by atoms with E-state index in [0.29, 0.717) is 17.8 Å². The third-order valence-corrected chi connectivity index (χ3v) is 6.04. The van der Waals surface area contributed by atoms with E-state index in [9.17, 15) is 9.59 Å². The molecule has 4 rings (SSSR count). The van der Waals surface area contributed by atoms with Gasteiger partial charge in [-0.1, -0.05) is 36.4 Å². The number of hydrogen-bond donors (Lipinski definition) is 1. The van der Waals surface area contributed by atoms with Crippen LogP contribution in [0.5, 0.6) is 0 Å². The monoisotopic (exact) mass is 438 g/mol. The second-order valence-electron chi connectivity index (χ2n) is 7.18. The Hall–Kier alpha value is -2.73. The Kier molecular flexibility index (Phi) is 4.67. The zero-order valence-electron chi connectivity index (χ0n) is 15.5. The van der Waals surface area contributed by atoms with Crippen LogP contribution in [0.4, 0.5) is 5.82 Å². The SMILES string of the molecule is Cc1nc(NC2CC(C)(c3cccc4c(C=O)cccc34)OC2=O)ccc1Br. The molecular weight excluding hydrogens is 420 g/mol. The van der Waals surface area contributed by atoms with Crippen molar-refractivity contribution in [2.75, 3.05) is 5.32 Å². The number of pyridine rings is 1. The molecule has 0 amide bonds. The number of aryl methyl sites for hydroxylation is 1. The lowest BCUT2D eigenvalue weighted by Crippen LogP contribution is -2.25. The summed E-state index contributed by atoms with van der Waals surface area (Å²) < 4.78 is 6.74. The molecule has 2 atom stereocenters. The Morgan fingerprint density at radius 2 is 1.93 bits per heavy atom. The van der Waals surface area contributed by atoms with Crippen molar-refractivity contribution < 1.29 is 14.3 Å². The first-order valence-corrected chi connectivity index (χ1v) is 9.80. The Morgan fingerprint density at radius 3 is 2.68 bits per heavy atom. The van der Waals surface area contributed by atoms with E-state index in [1.54, 1.807) is 6.07 Å². The van der Waals surface area contributed by atoms with Gasteiger partial charge in [0, 0.05) is 22.0 Å². The van der Waals surface area contributed by atoms with E-state index < -0.39 is 11.6 Å². The molecule has 0 aliphatic carbocycles. The van der Waals surface area contributed by atoms with Crippen molar-refractivity contribution in [1.29, 1.82) is 0 Å². The summed E-state index contributed by atoms with van der Waals surface area (Å²) in [5.74, 6) is 0.321. The van der Waals surface area contributed by atoms with E-state index in [2.05, 4.69) is 26.2 Å². The largest absolute Gasteiger partial charge is 0.453 e. The summed E-state index contributed by atoms with van der Waals surface area (Å²) in [6, 6.07) is 14.6. The number of rotatable bonds is 4. The number of benzene rings is 2. The number of carbonyl (C=O) groups is 2. The highest BCUT2D eigenvalue weighted by atomic mass is 79.9.